The van der Waals surface area contributed by atoms with Gasteiger partial charge in [-0.2, -0.15) is 0 Å². The Bertz CT molecular complexity index is 478. The Morgan fingerprint density at radius 2 is 1.85 bits per heavy atom. The number of rotatable bonds is 6. The molecule has 0 aliphatic carbocycles. The van der Waals surface area contributed by atoms with Crippen LogP contribution in [0.15, 0.2) is 23.4 Å². The van der Waals surface area contributed by atoms with E-state index in [4.69, 9.17) is 9.57 Å². The molecule has 0 radical (unpaired) electrons. The first-order chi connectivity index (χ1) is 9.51. The molecule has 0 aliphatic heterocycles. The zero-order valence-electron chi connectivity index (χ0n) is 12.8. The minimum atomic E-state index is -0.101. The van der Waals surface area contributed by atoms with E-state index in [1.165, 1.54) is 14.2 Å². The number of ether oxygens (including phenoxy) is 1. The molecule has 0 bridgehead atoms. The van der Waals surface area contributed by atoms with Crippen molar-refractivity contribution >= 4 is 17.3 Å². The van der Waals surface area contributed by atoms with E-state index < -0.39 is 0 Å². The van der Waals surface area contributed by atoms with Crippen LogP contribution in [0.25, 0.3) is 0 Å². The van der Waals surface area contributed by atoms with Crippen molar-refractivity contribution in [1.82, 2.24) is 0 Å². The number of para-hydroxylation sites is 1. The first kappa shape index (κ1) is 16.2. The minimum Gasteiger partial charge on any atom is -0.399 e. The highest BCUT2D eigenvalue weighted by atomic mass is 16.6. The van der Waals surface area contributed by atoms with Gasteiger partial charge in [0.2, 0.25) is 0 Å². The SMILES string of the molecule is COCC(=O)N(C/C(C)=N/OC)c1c(C)cccc1C. The lowest BCUT2D eigenvalue weighted by Gasteiger charge is -2.25. The number of amides is 1. The molecule has 1 amide bonds. The van der Waals surface area contributed by atoms with Gasteiger partial charge in [0, 0.05) is 12.8 Å². The fraction of sp³-hybridized carbons (Fsp3) is 0.467. The van der Waals surface area contributed by atoms with E-state index in [0.29, 0.717) is 6.54 Å². The molecule has 0 saturated heterocycles. The van der Waals surface area contributed by atoms with Crippen LogP contribution in [0.3, 0.4) is 0 Å². The van der Waals surface area contributed by atoms with Crippen molar-refractivity contribution in [1.29, 1.82) is 0 Å². The van der Waals surface area contributed by atoms with Gasteiger partial charge < -0.3 is 14.5 Å². The fourth-order valence-corrected chi connectivity index (χ4v) is 2.14. The number of methoxy groups -OCH3 is 1. The summed E-state index contributed by atoms with van der Waals surface area (Å²) in [6.45, 7) is 6.20. The van der Waals surface area contributed by atoms with Crippen molar-refractivity contribution < 1.29 is 14.4 Å². The largest absolute Gasteiger partial charge is 0.399 e. The van der Waals surface area contributed by atoms with E-state index >= 15 is 0 Å². The summed E-state index contributed by atoms with van der Waals surface area (Å²) >= 11 is 0. The molecule has 5 heteroatoms. The fourth-order valence-electron chi connectivity index (χ4n) is 2.14. The first-order valence-corrected chi connectivity index (χ1v) is 6.43. The van der Waals surface area contributed by atoms with Crippen molar-refractivity contribution in [3.63, 3.8) is 0 Å². The molecule has 0 aliphatic rings. The number of nitrogens with zero attached hydrogens (tertiary/aromatic N) is 2. The summed E-state index contributed by atoms with van der Waals surface area (Å²) in [5.74, 6) is -0.101. The maximum atomic E-state index is 12.3. The van der Waals surface area contributed by atoms with Gasteiger partial charge in [0.05, 0.1) is 12.3 Å². The summed E-state index contributed by atoms with van der Waals surface area (Å²) in [7, 11) is 3.00. The van der Waals surface area contributed by atoms with E-state index in [0.717, 1.165) is 22.5 Å². The molecule has 0 spiro atoms. The van der Waals surface area contributed by atoms with Crippen LogP contribution >= 0.6 is 0 Å². The summed E-state index contributed by atoms with van der Waals surface area (Å²) in [5, 5.41) is 3.87. The molecule has 5 nitrogen and oxygen atoms in total. The van der Waals surface area contributed by atoms with Gasteiger partial charge in [-0.15, -0.1) is 0 Å². The Balaban J connectivity index is 3.16. The molecular formula is C15H22N2O3. The molecule has 1 rings (SSSR count). The second-order valence-corrected chi connectivity index (χ2v) is 4.66. The monoisotopic (exact) mass is 278 g/mol. The van der Waals surface area contributed by atoms with Crippen LogP contribution in [0.2, 0.25) is 0 Å². The van der Waals surface area contributed by atoms with Crippen LogP contribution in [0.1, 0.15) is 18.1 Å². The van der Waals surface area contributed by atoms with Gasteiger partial charge in [-0.25, -0.2) is 0 Å². The summed E-state index contributed by atoms with van der Waals surface area (Å²) in [6.07, 6.45) is 0. The molecule has 110 valence electrons. The first-order valence-electron chi connectivity index (χ1n) is 6.43. The molecule has 0 N–H and O–H groups in total. The third-order valence-corrected chi connectivity index (χ3v) is 2.91. The number of oxime groups is 1. The number of carbonyl (C=O) groups is 1. The summed E-state index contributed by atoms with van der Waals surface area (Å²) in [6, 6.07) is 5.94. The smallest absolute Gasteiger partial charge is 0.253 e. The van der Waals surface area contributed by atoms with E-state index in [-0.39, 0.29) is 12.5 Å². The van der Waals surface area contributed by atoms with E-state index in [1.54, 1.807) is 4.90 Å². The lowest BCUT2D eigenvalue weighted by Crippen LogP contribution is -2.38. The second kappa shape index (κ2) is 7.65. The molecule has 0 unspecified atom stereocenters. The maximum absolute atomic E-state index is 12.3. The Morgan fingerprint density at radius 1 is 1.25 bits per heavy atom. The van der Waals surface area contributed by atoms with Crippen LogP contribution in [0.5, 0.6) is 0 Å². The third kappa shape index (κ3) is 4.06. The highest BCUT2D eigenvalue weighted by molar-refractivity contribution is 6.01. The number of benzene rings is 1. The maximum Gasteiger partial charge on any atom is 0.253 e. The predicted molar refractivity (Wildman–Crippen MR) is 80.3 cm³/mol. The quantitative estimate of drug-likeness (QED) is 0.592. The van der Waals surface area contributed by atoms with Crippen LogP contribution in [0.4, 0.5) is 5.69 Å². The minimum absolute atomic E-state index is 0.0358. The standard InChI is InChI=1S/C15H22N2O3/c1-11-7-6-8-12(2)15(11)17(14(18)10-19-4)9-13(3)16-20-5/h6-8H,9-10H2,1-5H3/b16-13+. The Morgan fingerprint density at radius 3 is 2.35 bits per heavy atom. The van der Waals surface area contributed by atoms with Gasteiger partial charge in [-0.1, -0.05) is 23.4 Å². The van der Waals surface area contributed by atoms with Gasteiger partial charge in [-0.05, 0) is 31.9 Å². The predicted octanol–water partition coefficient (Wildman–Crippen LogP) is 2.31. The Kier molecular flexibility index (Phi) is 6.18. The van der Waals surface area contributed by atoms with Crippen molar-refractivity contribution in [3.8, 4) is 0 Å². The molecule has 0 fully saturated rings. The number of hydrogen-bond donors (Lipinski definition) is 0. The molecule has 20 heavy (non-hydrogen) atoms. The van der Waals surface area contributed by atoms with Crippen LogP contribution in [-0.4, -0.2) is 39.0 Å². The summed E-state index contributed by atoms with van der Waals surface area (Å²) in [4.78, 5) is 18.7. The molecule has 0 heterocycles. The highest BCUT2D eigenvalue weighted by Crippen LogP contribution is 2.24. The van der Waals surface area contributed by atoms with Gasteiger partial charge in [-0.3, -0.25) is 4.79 Å². The third-order valence-electron chi connectivity index (χ3n) is 2.91. The van der Waals surface area contributed by atoms with E-state index in [1.807, 2.05) is 39.0 Å². The summed E-state index contributed by atoms with van der Waals surface area (Å²) in [5.41, 5.74) is 3.71. The molecule has 0 atom stereocenters. The van der Waals surface area contributed by atoms with Crippen LogP contribution in [0, 0.1) is 13.8 Å². The summed E-state index contributed by atoms with van der Waals surface area (Å²) < 4.78 is 4.97. The van der Waals surface area contributed by atoms with Crippen LogP contribution < -0.4 is 4.90 Å². The van der Waals surface area contributed by atoms with Crippen LogP contribution in [-0.2, 0) is 14.4 Å². The second-order valence-electron chi connectivity index (χ2n) is 4.66. The van der Waals surface area contributed by atoms with E-state index in [2.05, 4.69) is 5.16 Å². The zero-order chi connectivity index (χ0) is 15.1. The normalized spacial score (nSPS) is 11.3. The topological polar surface area (TPSA) is 51.1 Å². The molecule has 0 saturated carbocycles. The molecule has 1 aromatic carbocycles. The van der Waals surface area contributed by atoms with Crippen molar-refractivity contribution in [3.05, 3.63) is 29.3 Å². The molecule has 1 aromatic rings. The Hall–Kier alpha value is -1.88. The molecule has 0 aromatic heterocycles. The zero-order valence-corrected chi connectivity index (χ0v) is 12.8. The average Bonchev–Trinajstić information content (AvgIpc) is 2.37. The number of hydrogen-bond acceptors (Lipinski definition) is 4. The average molecular weight is 278 g/mol. The van der Waals surface area contributed by atoms with Gasteiger partial charge in [0.15, 0.2) is 0 Å². The van der Waals surface area contributed by atoms with Gasteiger partial charge >= 0.3 is 0 Å². The molecular weight excluding hydrogens is 256 g/mol. The van der Waals surface area contributed by atoms with Crippen molar-refractivity contribution in [2.75, 3.05) is 32.3 Å². The highest BCUT2D eigenvalue weighted by Gasteiger charge is 2.20. The van der Waals surface area contributed by atoms with Gasteiger partial charge in [0.1, 0.15) is 13.7 Å². The lowest BCUT2D eigenvalue weighted by atomic mass is 10.1. The van der Waals surface area contributed by atoms with Crippen molar-refractivity contribution in [2.45, 2.75) is 20.8 Å². The van der Waals surface area contributed by atoms with E-state index in [9.17, 15) is 4.79 Å². The number of aryl methyl sites for hydroxylation is 2. The lowest BCUT2D eigenvalue weighted by molar-refractivity contribution is -0.122. The Labute approximate surface area is 120 Å². The van der Waals surface area contributed by atoms with Crippen molar-refractivity contribution in [2.24, 2.45) is 5.16 Å². The number of carbonyl (C=O) groups excluding carboxylic acids is 1. The van der Waals surface area contributed by atoms with Gasteiger partial charge in [0.25, 0.3) is 5.91 Å². The number of anilines is 1.